The number of para-hydroxylation sites is 2. The van der Waals surface area contributed by atoms with Crippen LogP contribution in [0.15, 0.2) is 76.2 Å². The molecule has 0 aliphatic carbocycles. The lowest BCUT2D eigenvalue weighted by Gasteiger charge is -2.14. The van der Waals surface area contributed by atoms with E-state index in [-0.39, 0.29) is 24.5 Å². The quantitative estimate of drug-likeness (QED) is 0.287. The summed E-state index contributed by atoms with van der Waals surface area (Å²) in [4.78, 5) is 31.1. The molecule has 0 spiro atoms. The van der Waals surface area contributed by atoms with Gasteiger partial charge in [-0.1, -0.05) is 30.3 Å². The Morgan fingerprint density at radius 1 is 0.933 bits per heavy atom. The fourth-order valence-corrected chi connectivity index (χ4v) is 5.08. The number of thiazole rings is 1. The fraction of sp³-hybridized carbons (Fsp3) is 0.0870. The molecular weight excluding hydrogens is 416 g/mol. The number of thiophene rings is 1. The molecule has 148 valence electrons. The number of hydrogen-bond donors (Lipinski definition) is 0. The molecule has 5 rings (SSSR count). The Morgan fingerprint density at radius 3 is 2.30 bits per heavy atom. The van der Waals surface area contributed by atoms with Crippen molar-refractivity contribution in [3.05, 3.63) is 87.3 Å². The number of rotatable bonds is 5. The highest BCUT2D eigenvalue weighted by Crippen LogP contribution is 2.28. The summed E-state index contributed by atoms with van der Waals surface area (Å²) in [5.74, 6) is -0.375. The molecule has 0 N–H and O–H groups in total. The van der Waals surface area contributed by atoms with Gasteiger partial charge in [0, 0.05) is 16.2 Å². The van der Waals surface area contributed by atoms with Crippen LogP contribution in [0, 0.1) is 0 Å². The summed E-state index contributed by atoms with van der Waals surface area (Å²) in [6.45, 7) is 0.139. The van der Waals surface area contributed by atoms with Crippen LogP contribution < -0.4 is 5.43 Å². The minimum Gasteiger partial charge on any atom is -0.458 e. The summed E-state index contributed by atoms with van der Waals surface area (Å²) in [5, 5.41) is 6.02. The Balaban J connectivity index is 1.41. The van der Waals surface area contributed by atoms with E-state index in [9.17, 15) is 9.59 Å². The second kappa shape index (κ2) is 7.85. The van der Waals surface area contributed by atoms with Crippen molar-refractivity contribution in [3.63, 3.8) is 0 Å². The Labute approximate surface area is 179 Å². The lowest BCUT2D eigenvalue weighted by molar-refractivity contribution is -0.145. The molecule has 0 amide bonds. The highest BCUT2D eigenvalue weighted by atomic mass is 32.1. The van der Waals surface area contributed by atoms with Gasteiger partial charge in [-0.15, -0.1) is 22.7 Å². The van der Waals surface area contributed by atoms with Crippen molar-refractivity contribution < 1.29 is 9.53 Å². The molecule has 0 aliphatic rings. The van der Waals surface area contributed by atoms with Gasteiger partial charge in [-0.3, -0.25) is 9.59 Å². The largest absolute Gasteiger partial charge is 0.458 e. The van der Waals surface area contributed by atoms with E-state index in [1.54, 1.807) is 23.5 Å². The number of hydrogen-bond acceptors (Lipinski definition) is 6. The monoisotopic (exact) mass is 432 g/mol. The van der Waals surface area contributed by atoms with E-state index >= 15 is 0 Å². The summed E-state index contributed by atoms with van der Waals surface area (Å²) in [7, 11) is 0. The summed E-state index contributed by atoms with van der Waals surface area (Å²) in [6.07, 6.45) is 0. The van der Waals surface area contributed by atoms with Gasteiger partial charge in [-0.25, -0.2) is 4.98 Å². The molecule has 3 aromatic heterocycles. The van der Waals surface area contributed by atoms with Gasteiger partial charge < -0.3 is 9.30 Å². The highest BCUT2D eigenvalue weighted by Gasteiger charge is 2.14. The maximum Gasteiger partial charge on any atom is 0.326 e. The predicted molar refractivity (Wildman–Crippen MR) is 121 cm³/mol. The smallest absolute Gasteiger partial charge is 0.326 e. The van der Waals surface area contributed by atoms with Gasteiger partial charge in [0.1, 0.15) is 18.2 Å². The normalized spacial score (nSPS) is 11.2. The fourth-order valence-electron chi connectivity index (χ4n) is 3.46. The maximum atomic E-state index is 12.8. The highest BCUT2D eigenvalue weighted by molar-refractivity contribution is 7.20. The minimum atomic E-state index is -0.375. The molecule has 2 aromatic carbocycles. The molecular formula is C23H16N2O3S2. The van der Waals surface area contributed by atoms with Gasteiger partial charge in [0.15, 0.2) is 5.43 Å². The zero-order chi connectivity index (χ0) is 20.5. The molecule has 0 saturated carbocycles. The van der Waals surface area contributed by atoms with Crippen LogP contribution in [0.4, 0.5) is 0 Å². The first-order valence-corrected chi connectivity index (χ1v) is 11.1. The maximum absolute atomic E-state index is 12.8. The third kappa shape index (κ3) is 3.42. The third-order valence-corrected chi connectivity index (χ3v) is 6.76. The standard InChI is InChI=1S/C23H16N2O3S2/c26-21(28-13-15-14-30-23(24-15)20-10-5-11-29-20)12-25-18-8-3-1-6-16(18)22(27)17-7-2-4-9-19(17)25/h1-11,14H,12-13H2. The molecule has 0 bridgehead atoms. The van der Waals surface area contributed by atoms with Gasteiger partial charge in [0.2, 0.25) is 0 Å². The first-order chi connectivity index (χ1) is 14.7. The van der Waals surface area contributed by atoms with Crippen LogP contribution in [0.1, 0.15) is 5.69 Å². The van der Waals surface area contributed by atoms with E-state index in [1.807, 2.05) is 63.9 Å². The first kappa shape index (κ1) is 18.7. The SMILES string of the molecule is O=C(Cn1c2ccccc2c(=O)c2ccccc21)OCc1csc(-c2cccs2)n1. The van der Waals surface area contributed by atoms with Crippen LogP contribution in [0.25, 0.3) is 31.7 Å². The average Bonchev–Trinajstić information content (AvgIpc) is 3.47. The molecule has 0 atom stereocenters. The molecule has 5 nitrogen and oxygen atoms in total. The Kier molecular flexibility index (Phi) is 4.90. The third-order valence-electron chi connectivity index (χ3n) is 4.83. The summed E-state index contributed by atoms with van der Waals surface area (Å²) >= 11 is 3.17. The van der Waals surface area contributed by atoms with Crippen LogP contribution in [0.3, 0.4) is 0 Å². The average molecular weight is 433 g/mol. The number of nitrogens with zero attached hydrogens (tertiary/aromatic N) is 2. The molecule has 7 heteroatoms. The van der Waals surface area contributed by atoms with Crippen LogP contribution in [0.2, 0.25) is 0 Å². The Morgan fingerprint density at radius 2 is 1.63 bits per heavy atom. The van der Waals surface area contributed by atoms with Crippen molar-refractivity contribution >= 4 is 50.4 Å². The number of pyridine rings is 1. The van der Waals surface area contributed by atoms with Gasteiger partial charge >= 0.3 is 5.97 Å². The lowest BCUT2D eigenvalue weighted by Crippen LogP contribution is -2.18. The molecule has 3 heterocycles. The molecule has 30 heavy (non-hydrogen) atoms. The minimum absolute atomic E-state index is 0.0171. The second-order valence-electron chi connectivity index (χ2n) is 6.73. The molecule has 0 saturated heterocycles. The molecule has 5 aromatic rings. The molecule has 0 fully saturated rings. The Bertz CT molecular complexity index is 1360. The van der Waals surface area contributed by atoms with Crippen LogP contribution >= 0.6 is 22.7 Å². The van der Waals surface area contributed by atoms with E-state index in [4.69, 9.17) is 4.74 Å². The molecule has 0 unspecified atom stereocenters. The van der Waals surface area contributed by atoms with Crippen LogP contribution in [-0.4, -0.2) is 15.5 Å². The van der Waals surface area contributed by atoms with Crippen LogP contribution in [0.5, 0.6) is 0 Å². The zero-order valence-corrected chi connectivity index (χ0v) is 17.4. The van der Waals surface area contributed by atoms with Gasteiger partial charge in [-0.05, 0) is 35.7 Å². The van der Waals surface area contributed by atoms with E-state index in [2.05, 4.69) is 4.98 Å². The molecule has 0 aliphatic heterocycles. The number of aromatic nitrogens is 2. The van der Waals surface area contributed by atoms with Crippen LogP contribution in [-0.2, 0) is 22.7 Å². The van der Waals surface area contributed by atoms with Crippen molar-refractivity contribution in [2.45, 2.75) is 13.2 Å². The Hall–Kier alpha value is -3.29. The van der Waals surface area contributed by atoms with Crippen molar-refractivity contribution in [2.75, 3.05) is 0 Å². The van der Waals surface area contributed by atoms with E-state index in [0.717, 1.165) is 15.6 Å². The predicted octanol–water partition coefficient (Wildman–Crippen LogP) is 5.08. The van der Waals surface area contributed by atoms with Crippen molar-refractivity contribution in [3.8, 4) is 9.88 Å². The second-order valence-corrected chi connectivity index (χ2v) is 8.54. The topological polar surface area (TPSA) is 61.2 Å². The number of carbonyl (C=O) groups excluding carboxylic acids is 1. The molecule has 0 radical (unpaired) electrons. The summed E-state index contributed by atoms with van der Waals surface area (Å²) in [5.41, 5.74) is 2.12. The number of fused-ring (bicyclic) bond motifs is 2. The van der Waals surface area contributed by atoms with Crippen molar-refractivity contribution in [1.82, 2.24) is 9.55 Å². The van der Waals surface area contributed by atoms with E-state index in [1.165, 1.54) is 11.3 Å². The first-order valence-electron chi connectivity index (χ1n) is 9.35. The number of esters is 1. The number of ether oxygens (including phenoxy) is 1. The van der Waals surface area contributed by atoms with E-state index < -0.39 is 0 Å². The summed E-state index contributed by atoms with van der Waals surface area (Å²) in [6, 6.07) is 18.7. The van der Waals surface area contributed by atoms with Gasteiger partial charge in [0.05, 0.1) is 21.6 Å². The zero-order valence-electron chi connectivity index (χ0n) is 15.8. The lowest BCUT2D eigenvalue weighted by atomic mass is 10.1. The van der Waals surface area contributed by atoms with Crippen molar-refractivity contribution in [2.24, 2.45) is 0 Å². The number of benzene rings is 2. The van der Waals surface area contributed by atoms with Crippen molar-refractivity contribution in [1.29, 1.82) is 0 Å². The van der Waals surface area contributed by atoms with Gasteiger partial charge in [-0.2, -0.15) is 0 Å². The van der Waals surface area contributed by atoms with E-state index in [0.29, 0.717) is 21.8 Å². The summed E-state index contributed by atoms with van der Waals surface area (Å²) < 4.78 is 7.34. The van der Waals surface area contributed by atoms with Gasteiger partial charge in [0.25, 0.3) is 0 Å². The number of carbonyl (C=O) groups is 1.